The number of para-hydroxylation sites is 2. The van der Waals surface area contributed by atoms with Gasteiger partial charge in [0.15, 0.2) is 0 Å². The van der Waals surface area contributed by atoms with E-state index in [2.05, 4.69) is 64.5 Å². The lowest BCUT2D eigenvalue weighted by Gasteiger charge is -2.17. The monoisotopic (exact) mass is 524 g/mol. The molecule has 0 aliphatic carbocycles. The third-order valence-corrected chi connectivity index (χ3v) is 4.51. The summed E-state index contributed by atoms with van der Waals surface area (Å²) >= 11 is 5.12. The zero-order valence-corrected chi connectivity index (χ0v) is 19.5. The van der Waals surface area contributed by atoms with Gasteiger partial charge in [-0.1, -0.05) is 36.4 Å². The Kier molecular flexibility index (Phi) is 14.8. The zero-order chi connectivity index (χ0) is 17.9. The van der Waals surface area contributed by atoms with Crippen LogP contribution in [0, 0.1) is 0 Å². The van der Waals surface area contributed by atoms with E-state index in [9.17, 15) is 0 Å². The first-order chi connectivity index (χ1) is 12.3. The molecule has 2 aliphatic heterocycles. The smallest absolute Gasteiger partial charge is 0.0877 e. The van der Waals surface area contributed by atoms with Gasteiger partial charge in [-0.15, -0.1) is 35.6 Å². The number of nitrogens with two attached hydrogens (primary N) is 1. The molecule has 4 rings (SSSR count). The minimum Gasteiger partial charge on any atom is -1.00 e. The lowest BCUT2D eigenvalue weighted by atomic mass is 10.2. The Bertz CT molecular complexity index is 616. The van der Waals surface area contributed by atoms with Crippen molar-refractivity contribution in [3.05, 3.63) is 59.7 Å². The molecular formula is C20H31Cl2IN4. The largest absolute Gasteiger partial charge is 1.00 e. The fourth-order valence-electron chi connectivity index (χ4n) is 3.04. The molecule has 0 unspecified atom stereocenters. The Labute approximate surface area is 191 Å². The van der Waals surface area contributed by atoms with E-state index in [0.29, 0.717) is 5.88 Å². The van der Waals surface area contributed by atoms with E-state index in [1.54, 1.807) is 0 Å². The molecule has 0 saturated heterocycles. The Morgan fingerprint density at radius 3 is 2.30 bits per heavy atom. The van der Waals surface area contributed by atoms with Crippen LogP contribution >= 0.6 is 35.6 Å². The number of anilines is 2. The van der Waals surface area contributed by atoms with Crippen molar-refractivity contribution in [3.8, 4) is 0 Å². The van der Waals surface area contributed by atoms with Gasteiger partial charge in [-0.05, 0) is 36.1 Å². The fourth-order valence-corrected chi connectivity index (χ4v) is 3.04. The standard InChI is InChI=1S/C10H14N2.C8H9N.C2H6ClN.ClH.HI/c11-6-8-12-7-5-9-3-1-2-4-10(9)12;1-2-4-8-7(3-1)5-6-9-8;3-1-2-4;;/h1-4H,5-8,11H2;1-4,9H,5-6H2;1-2,4H2;2*1H. The van der Waals surface area contributed by atoms with Gasteiger partial charge in [0.2, 0.25) is 0 Å². The lowest BCUT2D eigenvalue weighted by Crippen LogP contribution is -3.00. The molecule has 0 atom stereocenters. The molecule has 0 saturated carbocycles. The molecule has 2 heterocycles. The second-order valence-corrected chi connectivity index (χ2v) is 6.41. The zero-order valence-electron chi connectivity index (χ0n) is 15.7. The van der Waals surface area contributed by atoms with Gasteiger partial charge in [0.05, 0.1) is 12.4 Å². The van der Waals surface area contributed by atoms with Crippen molar-refractivity contribution in [1.29, 1.82) is 0 Å². The number of fused-ring (bicyclic) bond motifs is 2. The molecule has 0 fully saturated rings. The number of hydrogen-bond donors (Lipinski definition) is 3. The predicted molar refractivity (Wildman–Crippen MR) is 124 cm³/mol. The lowest BCUT2D eigenvalue weighted by molar-refractivity contribution is -0.360. The van der Waals surface area contributed by atoms with Gasteiger partial charge in [-0.2, -0.15) is 0 Å². The summed E-state index contributed by atoms with van der Waals surface area (Å²) in [5.74, 6) is 0.681. The maximum Gasteiger partial charge on any atom is 0.0877 e. The van der Waals surface area contributed by atoms with Crippen molar-refractivity contribution in [2.75, 3.05) is 48.8 Å². The average molecular weight is 525 g/mol. The molecule has 2 aromatic carbocycles. The number of benzene rings is 2. The van der Waals surface area contributed by atoms with Gasteiger partial charge in [0, 0.05) is 37.6 Å². The first-order valence-corrected chi connectivity index (χ1v) is 9.53. The second-order valence-electron chi connectivity index (χ2n) is 6.03. The molecule has 0 amide bonds. The van der Waals surface area contributed by atoms with Crippen LogP contribution in [0.2, 0.25) is 0 Å². The summed E-state index contributed by atoms with van der Waals surface area (Å²) in [5, 5.41) is 3.30. The first-order valence-electron chi connectivity index (χ1n) is 9.00. The highest BCUT2D eigenvalue weighted by molar-refractivity contribution is 14.0. The number of alkyl halides is 1. The molecule has 0 spiro atoms. The second kappa shape index (κ2) is 15.2. The van der Waals surface area contributed by atoms with Crippen molar-refractivity contribution in [3.63, 3.8) is 0 Å². The minimum atomic E-state index is 0. The summed E-state index contributed by atoms with van der Waals surface area (Å²) in [6.07, 6.45) is 2.37. The van der Waals surface area contributed by atoms with Gasteiger partial charge in [-0.25, -0.2) is 0 Å². The molecule has 27 heavy (non-hydrogen) atoms. The number of halogens is 3. The maximum absolute atomic E-state index is 5.52. The number of rotatable bonds is 3. The third kappa shape index (κ3) is 8.44. The van der Waals surface area contributed by atoms with Crippen LogP contribution in [0.15, 0.2) is 48.5 Å². The van der Waals surface area contributed by atoms with Gasteiger partial charge < -0.3 is 34.1 Å². The van der Waals surface area contributed by atoms with Crippen molar-refractivity contribution in [1.82, 2.24) is 0 Å². The number of hydrogen-bond acceptors (Lipinski definition) is 3. The van der Waals surface area contributed by atoms with Crippen molar-refractivity contribution >= 4 is 47.0 Å². The van der Waals surface area contributed by atoms with E-state index in [0.717, 1.165) is 32.7 Å². The highest BCUT2D eigenvalue weighted by Gasteiger charge is 2.16. The minimum absolute atomic E-state index is 0. The first kappa shape index (κ1) is 26.3. The van der Waals surface area contributed by atoms with Crippen molar-refractivity contribution < 1.29 is 18.1 Å². The predicted octanol–water partition coefficient (Wildman–Crippen LogP) is -0.248. The van der Waals surface area contributed by atoms with Gasteiger partial charge >= 0.3 is 0 Å². The SMILES string of the molecule is I.NCCN1CCc2ccccc21.[Cl-].[NH3+]CCCl.c1ccc2c(c1)CCN2. The molecule has 0 aromatic heterocycles. The summed E-state index contributed by atoms with van der Waals surface area (Å²) in [4.78, 5) is 2.36. The van der Waals surface area contributed by atoms with Crippen LogP contribution in [0.1, 0.15) is 11.1 Å². The summed E-state index contributed by atoms with van der Waals surface area (Å²) in [7, 11) is 0. The molecule has 4 nitrogen and oxygen atoms in total. The van der Waals surface area contributed by atoms with E-state index >= 15 is 0 Å². The molecule has 6 N–H and O–H groups in total. The Balaban J connectivity index is 0.000000404. The summed E-state index contributed by atoms with van der Waals surface area (Å²) in [5.41, 5.74) is 14.6. The van der Waals surface area contributed by atoms with Gasteiger partial charge in [-0.3, -0.25) is 0 Å². The van der Waals surface area contributed by atoms with Crippen LogP contribution in [0.4, 0.5) is 11.4 Å². The Morgan fingerprint density at radius 1 is 1.04 bits per heavy atom. The van der Waals surface area contributed by atoms with Crippen LogP contribution in [-0.4, -0.2) is 38.6 Å². The summed E-state index contributed by atoms with van der Waals surface area (Å²) in [6, 6.07) is 17.0. The normalized spacial score (nSPS) is 12.6. The Hall–Kier alpha value is -0.730. The van der Waals surface area contributed by atoms with Gasteiger partial charge in [0.25, 0.3) is 0 Å². The quantitative estimate of drug-likeness (QED) is 0.383. The molecule has 2 aliphatic rings. The third-order valence-electron chi connectivity index (χ3n) is 4.24. The van der Waals surface area contributed by atoms with E-state index in [1.807, 2.05) is 0 Å². The molecule has 0 bridgehead atoms. The summed E-state index contributed by atoms with van der Waals surface area (Å²) in [6.45, 7) is 4.81. The summed E-state index contributed by atoms with van der Waals surface area (Å²) < 4.78 is 0. The highest BCUT2D eigenvalue weighted by Crippen LogP contribution is 2.26. The molecule has 7 heteroatoms. The molecule has 152 valence electrons. The average Bonchev–Trinajstić information content (AvgIpc) is 3.30. The number of quaternary nitrogens is 1. The van der Waals surface area contributed by atoms with Crippen LogP contribution in [0.3, 0.4) is 0 Å². The Morgan fingerprint density at radius 2 is 1.67 bits per heavy atom. The van der Waals surface area contributed by atoms with Crippen LogP contribution in [0.5, 0.6) is 0 Å². The molecule has 2 aromatic rings. The topological polar surface area (TPSA) is 68.9 Å². The van der Waals surface area contributed by atoms with E-state index in [-0.39, 0.29) is 36.4 Å². The fraction of sp³-hybridized carbons (Fsp3) is 0.400. The number of nitrogens with one attached hydrogen (secondary N) is 1. The van der Waals surface area contributed by atoms with Crippen molar-refractivity contribution in [2.45, 2.75) is 12.8 Å². The highest BCUT2D eigenvalue weighted by atomic mass is 127. The van der Waals surface area contributed by atoms with Crippen LogP contribution in [0.25, 0.3) is 0 Å². The van der Waals surface area contributed by atoms with E-state index in [1.165, 1.54) is 35.3 Å². The molecule has 0 radical (unpaired) electrons. The van der Waals surface area contributed by atoms with E-state index in [4.69, 9.17) is 17.3 Å². The number of nitrogens with zero attached hydrogens (tertiary/aromatic N) is 1. The van der Waals surface area contributed by atoms with Crippen LogP contribution < -0.4 is 34.1 Å². The molecular weight excluding hydrogens is 494 g/mol. The van der Waals surface area contributed by atoms with Crippen LogP contribution in [-0.2, 0) is 12.8 Å². The van der Waals surface area contributed by atoms with Gasteiger partial charge in [0.1, 0.15) is 0 Å². The van der Waals surface area contributed by atoms with E-state index < -0.39 is 0 Å². The van der Waals surface area contributed by atoms with Crippen molar-refractivity contribution in [2.24, 2.45) is 5.73 Å². The maximum atomic E-state index is 5.52.